The summed E-state index contributed by atoms with van der Waals surface area (Å²) in [4.78, 5) is 56.1. The summed E-state index contributed by atoms with van der Waals surface area (Å²) in [7, 11) is 0. The van der Waals surface area contributed by atoms with Gasteiger partial charge in [-0.1, -0.05) is 6.07 Å². The van der Waals surface area contributed by atoms with E-state index in [-0.39, 0.29) is 18.7 Å². The molecule has 3 fully saturated rings. The van der Waals surface area contributed by atoms with Crippen LogP contribution in [-0.4, -0.2) is 84.8 Å². The molecule has 164 valence electrons. The normalized spacial score (nSPS) is 27.5. The summed E-state index contributed by atoms with van der Waals surface area (Å²) in [6.07, 6.45) is 2.44. The highest BCUT2D eigenvalue weighted by atomic mass is 16.2. The van der Waals surface area contributed by atoms with Gasteiger partial charge in [-0.25, -0.2) is 0 Å². The van der Waals surface area contributed by atoms with Crippen LogP contribution in [-0.2, 0) is 9.59 Å². The molecule has 4 amide bonds. The third-order valence-electron chi connectivity index (χ3n) is 6.85. The number of carbonyl (C=O) groups excluding carboxylic acids is 4. The lowest BCUT2D eigenvalue weighted by Crippen LogP contribution is -2.54. The van der Waals surface area contributed by atoms with E-state index < -0.39 is 23.8 Å². The number of hydrogen-bond donors (Lipinski definition) is 2. The number of piperidine rings is 2. The van der Waals surface area contributed by atoms with Gasteiger partial charge in [0.15, 0.2) is 0 Å². The van der Waals surface area contributed by atoms with Crippen molar-refractivity contribution in [3.63, 3.8) is 0 Å². The van der Waals surface area contributed by atoms with Gasteiger partial charge >= 0.3 is 0 Å². The molecule has 0 aliphatic carbocycles. The van der Waals surface area contributed by atoms with Crippen molar-refractivity contribution >= 4 is 29.3 Å². The molecule has 4 aliphatic heterocycles. The number of hydrogen-bond acceptors (Lipinski definition) is 7. The summed E-state index contributed by atoms with van der Waals surface area (Å²) in [6.45, 7) is 5.67. The number of nitrogens with one attached hydrogen (secondary N) is 2. The number of carbonyl (C=O) groups is 4. The van der Waals surface area contributed by atoms with E-state index in [2.05, 4.69) is 20.4 Å². The van der Waals surface area contributed by atoms with E-state index in [1.165, 1.54) is 0 Å². The molecule has 5 rings (SSSR count). The molecule has 4 heterocycles. The lowest BCUT2D eigenvalue weighted by atomic mass is 10.00. The Labute approximate surface area is 180 Å². The van der Waals surface area contributed by atoms with Crippen LogP contribution in [0, 0.1) is 0 Å². The van der Waals surface area contributed by atoms with Crippen molar-refractivity contribution in [2.24, 2.45) is 0 Å². The minimum Gasteiger partial charge on any atom is -0.369 e. The summed E-state index contributed by atoms with van der Waals surface area (Å²) in [5.74, 6) is -1.84. The molecular weight excluding hydrogens is 398 g/mol. The monoisotopic (exact) mass is 425 g/mol. The first kappa shape index (κ1) is 20.1. The predicted molar refractivity (Wildman–Crippen MR) is 113 cm³/mol. The van der Waals surface area contributed by atoms with Crippen molar-refractivity contribution in [3.05, 3.63) is 29.3 Å². The highest BCUT2D eigenvalue weighted by Crippen LogP contribution is 2.35. The molecule has 0 radical (unpaired) electrons. The van der Waals surface area contributed by atoms with Crippen LogP contribution in [0.3, 0.4) is 0 Å². The highest BCUT2D eigenvalue weighted by Gasteiger charge is 2.46. The smallest absolute Gasteiger partial charge is 0.264 e. The topological polar surface area (TPSA) is 102 Å². The molecule has 3 saturated heterocycles. The van der Waals surface area contributed by atoms with Crippen molar-refractivity contribution in [1.82, 2.24) is 20.4 Å². The summed E-state index contributed by atoms with van der Waals surface area (Å²) in [6, 6.07) is 4.85. The number of anilines is 1. The van der Waals surface area contributed by atoms with Crippen LogP contribution in [0.5, 0.6) is 0 Å². The Morgan fingerprint density at radius 3 is 2.52 bits per heavy atom. The first-order valence-electron chi connectivity index (χ1n) is 11.1. The van der Waals surface area contributed by atoms with Crippen LogP contribution < -0.4 is 15.5 Å². The molecule has 0 aromatic heterocycles. The molecule has 2 unspecified atom stereocenters. The maximum atomic E-state index is 13.4. The molecule has 9 nitrogen and oxygen atoms in total. The first-order valence-corrected chi connectivity index (χ1v) is 11.1. The molecule has 4 aliphatic rings. The van der Waals surface area contributed by atoms with E-state index in [9.17, 15) is 19.2 Å². The Bertz CT molecular complexity index is 942. The number of rotatable bonds is 3. The molecule has 31 heavy (non-hydrogen) atoms. The number of imide groups is 2. The largest absolute Gasteiger partial charge is 0.369 e. The van der Waals surface area contributed by atoms with Gasteiger partial charge in [0.05, 0.1) is 16.8 Å². The minimum absolute atomic E-state index is 0.120. The molecule has 1 aromatic carbocycles. The van der Waals surface area contributed by atoms with Crippen LogP contribution in [0.1, 0.15) is 46.4 Å². The molecule has 0 spiro atoms. The van der Waals surface area contributed by atoms with E-state index in [0.717, 1.165) is 62.7 Å². The van der Waals surface area contributed by atoms with Gasteiger partial charge in [-0.05, 0) is 31.4 Å². The second-order valence-electron chi connectivity index (χ2n) is 8.67. The fourth-order valence-corrected chi connectivity index (χ4v) is 5.28. The van der Waals surface area contributed by atoms with Gasteiger partial charge < -0.3 is 10.2 Å². The quantitative estimate of drug-likeness (QED) is 0.656. The first-order chi connectivity index (χ1) is 15.0. The van der Waals surface area contributed by atoms with E-state index in [1.807, 2.05) is 12.1 Å². The van der Waals surface area contributed by atoms with Gasteiger partial charge in [-0.3, -0.25) is 34.3 Å². The molecular formula is C22H27N5O4. The van der Waals surface area contributed by atoms with Gasteiger partial charge in [-0.2, -0.15) is 0 Å². The molecule has 0 saturated carbocycles. The number of fused-ring (bicyclic) bond motifs is 1. The maximum absolute atomic E-state index is 13.4. The van der Waals surface area contributed by atoms with Crippen molar-refractivity contribution < 1.29 is 19.2 Å². The van der Waals surface area contributed by atoms with Crippen LogP contribution in [0.2, 0.25) is 0 Å². The van der Waals surface area contributed by atoms with Crippen LogP contribution in [0.4, 0.5) is 5.69 Å². The molecule has 1 aromatic rings. The highest BCUT2D eigenvalue weighted by molar-refractivity contribution is 6.25. The summed E-state index contributed by atoms with van der Waals surface area (Å²) < 4.78 is 0. The van der Waals surface area contributed by atoms with Crippen molar-refractivity contribution in [2.75, 3.05) is 44.2 Å². The van der Waals surface area contributed by atoms with Gasteiger partial charge in [0.2, 0.25) is 11.8 Å². The Kier molecular flexibility index (Phi) is 5.23. The number of nitrogens with zero attached hydrogens (tertiary/aromatic N) is 3. The zero-order valence-corrected chi connectivity index (χ0v) is 17.4. The number of piperazine rings is 1. The van der Waals surface area contributed by atoms with Gasteiger partial charge in [-0.15, -0.1) is 0 Å². The predicted octanol–water partition coefficient (Wildman–Crippen LogP) is -0.0382. The molecule has 9 heteroatoms. The lowest BCUT2D eigenvalue weighted by molar-refractivity contribution is -0.136. The summed E-state index contributed by atoms with van der Waals surface area (Å²) in [5.41, 5.74) is 1.50. The number of benzene rings is 1. The van der Waals surface area contributed by atoms with E-state index in [1.54, 1.807) is 6.07 Å². The fraction of sp³-hybridized carbons (Fsp3) is 0.545. The molecule has 2 N–H and O–H groups in total. The van der Waals surface area contributed by atoms with Crippen molar-refractivity contribution in [1.29, 1.82) is 0 Å². The van der Waals surface area contributed by atoms with Crippen LogP contribution in [0.15, 0.2) is 18.2 Å². The Hall–Kier alpha value is -2.78. The Morgan fingerprint density at radius 1 is 0.935 bits per heavy atom. The maximum Gasteiger partial charge on any atom is 0.264 e. The molecule has 2 atom stereocenters. The average Bonchev–Trinajstić information content (AvgIpc) is 3.05. The summed E-state index contributed by atoms with van der Waals surface area (Å²) >= 11 is 0. The fourth-order valence-electron chi connectivity index (χ4n) is 5.28. The lowest BCUT2D eigenvalue weighted by Gasteiger charge is -2.42. The SMILES string of the molecule is O=C1CCC(N2C(=O)c3cccc(N4CCCC(N5CCNCC5)C4)c3C2=O)C(=O)N1. The van der Waals surface area contributed by atoms with Crippen LogP contribution in [0.25, 0.3) is 0 Å². The van der Waals surface area contributed by atoms with Gasteiger partial charge in [0.25, 0.3) is 11.8 Å². The minimum atomic E-state index is -0.937. The van der Waals surface area contributed by atoms with E-state index in [4.69, 9.17) is 0 Å². The Balaban J connectivity index is 1.41. The van der Waals surface area contributed by atoms with Gasteiger partial charge in [0, 0.05) is 51.7 Å². The molecule has 0 bridgehead atoms. The van der Waals surface area contributed by atoms with Gasteiger partial charge in [0.1, 0.15) is 6.04 Å². The standard InChI is InChI=1S/C22H27N5O4/c28-18-7-6-17(20(29)24-18)27-21(30)15-4-1-5-16(19(15)22(27)31)26-10-2-3-14(13-26)25-11-8-23-9-12-25/h1,4-5,14,17,23H,2-3,6-13H2,(H,24,28,29). The average molecular weight is 425 g/mol. The third-order valence-corrected chi connectivity index (χ3v) is 6.85. The second-order valence-corrected chi connectivity index (χ2v) is 8.67. The van der Waals surface area contributed by atoms with Crippen LogP contribution >= 0.6 is 0 Å². The van der Waals surface area contributed by atoms with E-state index in [0.29, 0.717) is 17.2 Å². The number of amides is 4. The zero-order valence-electron chi connectivity index (χ0n) is 17.4. The second kappa shape index (κ2) is 8.05. The zero-order chi connectivity index (χ0) is 21.5. The van der Waals surface area contributed by atoms with Crippen molar-refractivity contribution in [3.8, 4) is 0 Å². The third kappa shape index (κ3) is 3.51. The van der Waals surface area contributed by atoms with Crippen molar-refractivity contribution in [2.45, 2.75) is 37.8 Å². The summed E-state index contributed by atoms with van der Waals surface area (Å²) in [5, 5.41) is 5.64. The van der Waals surface area contributed by atoms with E-state index >= 15 is 0 Å². The Morgan fingerprint density at radius 2 is 1.74 bits per heavy atom.